The number of hydrogen-bond donors (Lipinski definition) is 1. The first-order valence-corrected chi connectivity index (χ1v) is 12.4. The standard InChI is InChI=1S/C27H32N6O2/c1-3-20-10-11-25-22(13-20)14-23(27(34)28-25)16-32(15-21-8-6-19(2)7-9-21)18-26-29-30-31-33(26)17-24-5-4-12-35-24/h6-11,13-14,24H,3-5,12,15-18H2,1-2H3,(H,28,34)/t24-/m1/s1. The van der Waals surface area contributed by atoms with Crippen LogP contribution in [0.25, 0.3) is 10.9 Å². The predicted octanol–water partition coefficient (Wildman–Crippen LogP) is 3.77. The van der Waals surface area contributed by atoms with E-state index in [-0.39, 0.29) is 11.7 Å². The summed E-state index contributed by atoms with van der Waals surface area (Å²) < 4.78 is 7.63. The van der Waals surface area contributed by atoms with E-state index in [0.29, 0.717) is 26.2 Å². The third-order valence-corrected chi connectivity index (χ3v) is 6.69. The molecular formula is C27H32N6O2. The van der Waals surface area contributed by atoms with E-state index in [1.807, 2.05) is 16.8 Å². The van der Waals surface area contributed by atoms with Crippen LogP contribution < -0.4 is 5.56 Å². The molecule has 4 aromatic rings. The predicted molar refractivity (Wildman–Crippen MR) is 135 cm³/mol. The van der Waals surface area contributed by atoms with E-state index in [2.05, 4.69) is 75.7 Å². The number of pyridine rings is 1. The van der Waals surface area contributed by atoms with Crippen LogP contribution >= 0.6 is 0 Å². The summed E-state index contributed by atoms with van der Waals surface area (Å²) in [6.45, 7) is 7.36. The number of aromatic nitrogens is 5. The smallest absolute Gasteiger partial charge is 0.252 e. The van der Waals surface area contributed by atoms with Gasteiger partial charge in [0.1, 0.15) is 0 Å². The lowest BCUT2D eigenvalue weighted by atomic mass is 10.1. The lowest BCUT2D eigenvalue weighted by Gasteiger charge is -2.22. The average molecular weight is 473 g/mol. The minimum atomic E-state index is -0.0606. The Morgan fingerprint density at radius 3 is 2.69 bits per heavy atom. The van der Waals surface area contributed by atoms with Crippen LogP contribution in [0.4, 0.5) is 0 Å². The van der Waals surface area contributed by atoms with E-state index in [4.69, 9.17) is 4.74 Å². The first-order valence-electron chi connectivity index (χ1n) is 12.4. The Hall–Kier alpha value is -3.36. The van der Waals surface area contributed by atoms with Gasteiger partial charge in [-0.2, -0.15) is 0 Å². The second-order valence-electron chi connectivity index (χ2n) is 9.44. The summed E-state index contributed by atoms with van der Waals surface area (Å²) in [7, 11) is 0. The number of tetrazole rings is 1. The van der Waals surface area contributed by atoms with Crippen molar-refractivity contribution in [3.8, 4) is 0 Å². The van der Waals surface area contributed by atoms with Crippen LogP contribution in [0.2, 0.25) is 0 Å². The van der Waals surface area contributed by atoms with Gasteiger partial charge in [0, 0.05) is 30.8 Å². The molecule has 2 aromatic heterocycles. The molecule has 182 valence electrons. The molecular weight excluding hydrogens is 440 g/mol. The lowest BCUT2D eigenvalue weighted by molar-refractivity contribution is 0.0914. The zero-order valence-electron chi connectivity index (χ0n) is 20.4. The monoisotopic (exact) mass is 472 g/mol. The highest BCUT2D eigenvalue weighted by molar-refractivity contribution is 5.79. The number of hydrogen-bond acceptors (Lipinski definition) is 6. The molecule has 35 heavy (non-hydrogen) atoms. The van der Waals surface area contributed by atoms with Crippen molar-refractivity contribution in [1.29, 1.82) is 0 Å². The molecule has 0 aliphatic carbocycles. The zero-order valence-corrected chi connectivity index (χ0v) is 20.4. The summed E-state index contributed by atoms with van der Waals surface area (Å²) in [6.07, 6.45) is 3.21. The first-order chi connectivity index (χ1) is 17.1. The molecule has 1 atom stereocenters. The van der Waals surface area contributed by atoms with Crippen LogP contribution in [0, 0.1) is 6.92 Å². The van der Waals surface area contributed by atoms with Gasteiger partial charge < -0.3 is 9.72 Å². The molecule has 0 spiro atoms. The fourth-order valence-electron chi connectivity index (χ4n) is 4.66. The number of rotatable bonds is 9. The topological polar surface area (TPSA) is 88.9 Å². The summed E-state index contributed by atoms with van der Waals surface area (Å²) in [5.41, 5.74) is 5.19. The van der Waals surface area contributed by atoms with E-state index in [1.165, 1.54) is 16.7 Å². The molecule has 0 saturated carbocycles. The van der Waals surface area contributed by atoms with E-state index >= 15 is 0 Å². The summed E-state index contributed by atoms with van der Waals surface area (Å²) in [4.78, 5) is 18.3. The van der Waals surface area contributed by atoms with Crippen LogP contribution in [0.3, 0.4) is 0 Å². The molecule has 1 N–H and O–H groups in total. The minimum Gasteiger partial charge on any atom is -0.376 e. The fraction of sp³-hybridized carbons (Fsp3) is 0.407. The van der Waals surface area contributed by atoms with Crippen LogP contribution in [0.5, 0.6) is 0 Å². The molecule has 8 heteroatoms. The quantitative estimate of drug-likeness (QED) is 0.399. The fourth-order valence-corrected chi connectivity index (χ4v) is 4.66. The maximum Gasteiger partial charge on any atom is 0.252 e. The van der Waals surface area contributed by atoms with Gasteiger partial charge in [0.15, 0.2) is 5.82 Å². The number of aromatic amines is 1. The summed E-state index contributed by atoms with van der Waals surface area (Å²) in [5.74, 6) is 0.776. The van der Waals surface area contributed by atoms with Gasteiger partial charge in [0.2, 0.25) is 0 Å². The molecule has 1 aliphatic heterocycles. The largest absolute Gasteiger partial charge is 0.376 e. The minimum absolute atomic E-state index is 0.0606. The van der Waals surface area contributed by atoms with Crippen LogP contribution in [-0.4, -0.2) is 42.8 Å². The number of benzene rings is 2. The number of nitrogens with zero attached hydrogens (tertiary/aromatic N) is 5. The van der Waals surface area contributed by atoms with Crippen molar-refractivity contribution in [3.05, 3.63) is 87.0 Å². The van der Waals surface area contributed by atoms with E-state index in [0.717, 1.165) is 48.2 Å². The van der Waals surface area contributed by atoms with Crippen molar-refractivity contribution in [3.63, 3.8) is 0 Å². The SMILES string of the molecule is CCc1ccc2[nH]c(=O)c(CN(Cc3ccc(C)cc3)Cc3nnnn3C[C@H]3CCCO3)cc2c1. The molecule has 5 rings (SSSR count). The first kappa shape index (κ1) is 23.4. The van der Waals surface area contributed by atoms with Gasteiger partial charge >= 0.3 is 0 Å². The highest BCUT2D eigenvalue weighted by Gasteiger charge is 2.21. The number of ether oxygens (including phenoxy) is 1. The highest BCUT2D eigenvalue weighted by atomic mass is 16.5. The zero-order chi connectivity index (χ0) is 24.2. The summed E-state index contributed by atoms with van der Waals surface area (Å²) in [6, 6.07) is 16.7. The second-order valence-corrected chi connectivity index (χ2v) is 9.44. The van der Waals surface area contributed by atoms with Gasteiger partial charge in [0.25, 0.3) is 5.56 Å². The molecule has 0 amide bonds. The van der Waals surface area contributed by atoms with Crippen LogP contribution in [-0.2, 0) is 37.3 Å². The number of aryl methyl sites for hydroxylation is 2. The maximum absolute atomic E-state index is 13.0. The Bertz CT molecular complexity index is 1340. The van der Waals surface area contributed by atoms with Gasteiger partial charge in [-0.05, 0) is 71.3 Å². The van der Waals surface area contributed by atoms with Gasteiger partial charge in [-0.15, -0.1) is 5.10 Å². The van der Waals surface area contributed by atoms with Gasteiger partial charge in [-0.25, -0.2) is 4.68 Å². The molecule has 0 bridgehead atoms. The Morgan fingerprint density at radius 2 is 1.91 bits per heavy atom. The Morgan fingerprint density at radius 1 is 1.09 bits per heavy atom. The third-order valence-electron chi connectivity index (χ3n) is 6.69. The number of nitrogens with one attached hydrogen (secondary N) is 1. The second kappa shape index (κ2) is 10.5. The van der Waals surface area contributed by atoms with E-state index in [1.54, 1.807) is 0 Å². The van der Waals surface area contributed by atoms with E-state index in [9.17, 15) is 4.79 Å². The highest BCUT2D eigenvalue weighted by Crippen LogP contribution is 2.18. The Kier molecular flexibility index (Phi) is 7.01. The number of fused-ring (bicyclic) bond motifs is 1. The van der Waals surface area contributed by atoms with Gasteiger partial charge in [0.05, 0.1) is 19.2 Å². The van der Waals surface area contributed by atoms with Crippen molar-refractivity contribution in [2.45, 2.75) is 65.4 Å². The molecule has 1 fully saturated rings. The molecule has 1 aliphatic rings. The van der Waals surface area contributed by atoms with Crippen LogP contribution in [0.15, 0.2) is 53.3 Å². The molecule has 8 nitrogen and oxygen atoms in total. The molecule has 1 saturated heterocycles. The number of H-pyrrole nitrogens is 1. The van der Waals surface area contributed by atoms with Crippen molar-refractivity contribution in [1.82, 2.24) is 30.1 Å². The van der Waals surface area contributed by atoms with Gasteiger partial charge in [-0.1, -0.05) is 42.8 Å². The average Bonchev–Trinajstić information content (AvgIpc) is 3.53. The van der Waals surface area contributed by atoms with Crippen molar-refractivity contribution < 1.29 is 4.74 Å². The molecule has 0 radical (unpaired) electrons. The lowest BCUT2D eigenvalue weighted by Crippen LogP contribution is -2.29. The van der Waals surface area contributed by atoms with Crippen molar-refractivity contribution in [2.75, 3.05) is 6.61 Å². The van der Waals surface area contributed by atoms with Crippen molar-refractivity contribution >= 4 is 10.9 Å². The molecule has 0 unspecified atom stereocenters. The Labute approximate surface area is 204 Å². The van der Waals surface area contributed by atoms with E-state index < -0.39 is 0 Å². The maximum atomic E-state index is 13.0. The summed E-state index contributed by atoms with van der Waals surface area (Å²) >= 11 is 0. The molecule has 2 aromatic carbocycles. The van der Waals surface area contributed by atoms with Crippen LogP contribution in [0.1, 0.15) is 47.8 Å². The van der Waals surface area contributed by atoms with Crippen molar-refractivity contribution in [2.24, 2.45) is 0 Å². The molecule has 3 heterocycles. The van der Waals surface area contributed by atoms with Gasteiger partial charge in [-0.3, -0.25) is 9.69 Å². The Balaban J connectivity index is 1.43. The normalized spacial score (nSPS) is 15.9. The summed E-state index contributed by atoms with van der Waals surface area (Å²) in [5, 5.41) is 13.5. The third kappa shape index (κ3) is 5.66.